The van der Waals surface area contributed by atoms with Crippen LogP contribution in [0, 0.1) is 0 Å². The van der Waals surface area contributed by atoms with E-state index in [0.29, 0.717) is 23.6 Å². The van der Waals surface area contributed by atoms with Crippen molar-refractivity contribution in [2.24, 2.45) is 0 Å². The summed E-state index contributed by atoms with van der Waals surface area (Å²) in [5.74, 6) is 0. The third-order valence-electron chi connectivity index (χ3n) is 4.08. The molecule has 1 saturated heterocycles. The van der Waals surface area contributed by atoms with Gasteiger partial charge in [0.1, 0.15) is 0 Å². The normalized spacial score (nSPS) is 19.8. The van der Waals surface area contributed by atoms with Gasteiger partial charge in [-0.15, -0.1) is 0 Å². The highest BCUT2D eigenvalue weighted by Crippen LogP contribution is 2.34. The monoisotopic (exact) mass is 339 g/mol. The molecule has 0 aliphatic carbocycles. The second-order valence-corrected chi connectivity index (χ2v) is 7.73. The molecule has 1 aliphatic rings. The molecule has 0 amide bonds. The van der Waals surface area contributed by atoms with Crippen LogP contribution < -0.4 is 0 Å². The van der Waals surface area contributed by atoms with Crippen LogP contribution in [0.2, 0.25) is 5.02 Å². The number of fused-ring (bicyclic) bond motifs is 1. The van der Waals surface area contributed by atoms with Crippen molar-refractivity contribution in [2.45, 2.75) is 23.8 Å². The smallest absolute Gasteiger partial charge is 0.244 e. The van der Waals surface area contributed by atoms with Gasteiger partial charge in [0.2, 0.25) is 10.0 Å². The van der Waals surface area contributed by atoms with E-state index < -0.39 is 10.0 Å². The lowest BCUT2D eigenvalue weighted by molar-refractivity contribution is 0.149. The maximum absolute atomic E-state index is 13.1. The van der Waals surface area contributed by atoms with Gasteiger partial charge < -0.3 is 4.74 Å². The van der Waals surface area contributed by atoms with Crippen LogP contribution in [0.4, 0.5) is 0 Å². The Morgan fingerprint density at radius 1 is 1.27 bits per heavy atom. The van der Waals surface area contributed by atoms with Crippen molar-refractivity contribution in [1.82, 2.24) is 4.31 Å². The minimum absolute atomic E-state index is 0.104. The lowest BCUT2D eigenvalue weighted by Crippen LogP contribution is -2.38. The summed E-state index contributed by atoms with van der Waals surface area (Å²) in [7, 11) is -2.00. The van der Waals surface area contributed by atoms with E-state index in [1.165, 1.54) is 0 Å². The van der Waals surface area contributed by atoms with Gasteiger partial charge in [0, 0.05) is 30.1 Å². The number of methoxy groups -OCH3 is 1. The molecule has 6 heteroatoms. The molecule has 2 aromatic carbocycles. The van der Waals surface area contributed by atoms with Gasteiger partial charge in [0.25, 0.3) is 0 Å². The van der Waals surface area contributed by atoms with E-state index in [1.54, 1.807) is 29.6 Å². The Bertz CT molecular complexity index is 786. The van der Waals surface area contributed by atoms with Gasteiger partial charge in [-0.2, -0.15) is 4.31 Å². The number of nitrogens with zero attached hydrogens (tertiary/aromatic N) is 1. The SMILES string of the molecule is COC[C@H]1CCCN1S(=O)(=O)c1cccc2cccc(Cl)c12. The Morgan fingerprint density at radius 3 is 2.73 bits per heavy atom. The summed E-state index contributed by atoms with van der Waals surface area (Å²) in [4.78, 5) is 0.276. The average molecular weight is 340 g/mol. The van der Waals surface area contributed by atoms with Crippen LogP contribution in [0.1, 0.15) is 12.8 Å². The van der Waals surface area contributed by atoms with Crippen molar-refractivity contribution < 1.29 is 13.2 Å². The summed E-state index contributed by atoms with van der Waals surface area (Å²) in [6, 6.07) is 10.6. The van der Waals surface area contributed by atoms with Crippen molar-refractivity contribution >= 4 is 32.4 Å². The fourth-order valence-corrected chi connectivity index (χ4v) is 5.34. The van der Waals surface area contributed by atoms with Crippen LogP contribution in [-0.2, 0) is 14.8 Å². The molecular weight excluding hydrogens is 322 g/mol. The Labute approximate surface area is 135 Å². The van der Waals surface area contributed by atoms with Gasteiger partial charge >= 0.3 is 0 Å². The summed E-state index contributed by atoms with van der Waals surface area (Å²) in [6.45, 7) is 0.939. The van der Waals surface area contributed by atoms with Crippen LogP contribution >= 0.6 is 11.6 Å². The van der Waals surface area contributed by atoms with Crippen molar-refractivity contribution in [3.8, 4) is 0 Å². The van der Waals surface area contributed by atoms with E-state index >= 15 is 0 Å². The molecule has 3 rings (SSSR count). The fraction of sp³-hybridized carbons (Fsp3) is 0.375. The van der Waals surface area contributed by atoms with Crippen LogP contribution in [0.15, 0.2) is 41.3 Å². The average Bonchev–Trinajstić information content (AvgIpc) is 2.96. The van der Waals surface area contributed by atoms with Crippen molar-refractivity contribution in [1.29, 1.82) is 0 Å². The van der Waals surface area contributed by atoms with Crippen LogP contribution in [0.3, 0.4) is 0 Å². The molecule has 1 aliphatic heterocycles. The maximum Gasteiger partial charge on any atom is 0.244 e. The second kappa shape index (κ2) is 6.16. The van der Waals surface area contributed by atoms with Gasteiger partial charge in [0.05, 0.1) is 11.5 Å². The molecule has 2 aromatic rings. The molecular formula is C16H18ClNO3S. The first-order valence-electron chi connectivity index (χ1n) is 7.23. The molecule has 4 nitrogen and oxygen atoms in total. The summed E-state index contributed by atoms with van der Waals surface area (Å²) in [6.07, 6.45) is 1.68. The third-order valence-corrected chi connectivity index (χ3v) is 6.39. The zero-order valence-corrected chi connectivity index (χ0v) is 13.9. The van der Waals surface area contributed by atoms with Crippen LogP contribution in [0.25, 0.3) is 10.8 Å². The predicted molar refractivity (Wildman–Crippen MR) is 87.7 cm³/mol. The first-order chi connectivity index (χ1) is 10.6. The zero-order valence-electron chi connectivity index (χ0n) is 12.3. The highest BCUT2D eigenvalue weighted by Gasteiger charge is 2.36. The topological polar surface area (TPSA) is 46.6 Å². The lowest BCUT2D eigenvalue weighted by atomic mass is 10.1. The van der Waals surface area contributed by atoms with E-state index in [4.69, 9.17) is 16.3 Å². The number of rotatable bonds is 4. The molecule has 1 heterocycles. The molecule has 0 spiro atoms. The molecule has 0 N–H and O–H groups in total. The van der Waals surface area contributed by atoms with E-state index in [-0.39, 0.29) is 10.9 Å². The number of benzene rings is 2. The van der Waals surface area contributed by atoms with Crippen LogP contribution in [-0.4, -0.2) is 39.0 Å². The fourth-order valence-electron chi connectivity index (χ4n) is 3.09. The maximum atomic E-state index is 13.1. The number of hydrogen-bond donors (Lipinski definition) is 0. The van der Waals surface area contributed by atoms with E-state index in [9.17, 15) is 8.42 Å². The zero-order chi connectivity index (χ0) is 15.7. The molecule has 22 heavy (non-hydrogen) atoms. The van der Waals surface area contributed by atoms with Gasteiger partial charge in [-0.05, 0) is 30.4 Å². The minimum Gasteiger partial charge on any atom is -0.383 e. The van der Waals surface area contributed by atoms with Gasteiger partial charge in [-0.1, -0.05) is 35.9 Å². The summed E-state index contributed by atoms with van der Waals surface area (Å²) >= 11 is 6.26. The molecule has 1 fully saturated rings. The van der Waals surface area contributed by atoms with Gasteiger partial charge in [-0.3, -0.25) is 0 Å². The van der Waals surface area contributed by atoms with Gasteiger partial charge in [-0.25, -0.2) is 8.42 Å². The van der Waals surface area contributed by atoms with E-state index in [2.05, 4.69) is 0 Å². The number of hydrogen-bond acceptors (Lipinski definition) is 3. The molecule has 0 unspecified atom stereocenters. The Balaban J connectivity index is 2.14. The van der Waals surface area contributed by atoms with Crippen molar-refractivity contribution in [3.05, 3.63) is 41.4 Å². The van der Waals surface area contributed by atoms with E-state index in [0.717, 1.165) is 18.2 Å². The minimum atomic E-state index is -3.59. The summed E-state index contributed by atoms with van der Waals surface area (Å²) < 4.78 is 32.9. The Kier molecular flexibility index (Phi) is 4.41. The highest BCUT2D eigenvalue weighted by molar-refractivity contribution is 7.89. The van der Waals surface area contributed by atoms with E-state index in [1.807, 2.05) is 18.2 Å². The molecule has 0 aromatic heterocycles. The Morgan fingerprint density at radius 2 is 2.00 bits per heavy atom. The second-order valence-electron chi connectivity index (χ2n) is 5.46. The molecule has 0 saturated carbocycles. The molecule has 118 valence electrons. The largest absolute Gasteiger partial charge is 0.383 e. The van der Waals surface area contributed by atoms with Crippen LogP contribution in [0.5, 0.6) is 0 Å². The lowest BCUT2D eigenvalue weighted by Gasteiger charge is -2.24. The first-order valence-corrected chi connectivity index (χ1v) is 9.05. The predicted octanol–water partition coefficient (Wildman–Crippen LogP) is 3.29. The van der Waals surface area contributed by atoms with Crippen molar-refractivity contribution in [2.75, 3.05) is 20.3 Å². The summed E-state index contributed by atoms with van der Waals surface area (Å²) in [5, 5.41) is 1.88. The number of ether oxygens (including phenoxy) is 1. The first kappa shape index (κ1) is 15.7. The Hall–Kier alpha value is -1.14. The highest BCUT2D eigenvalue weighted by atomic mass is 35.5. The number of sulfonamides is 1. The van der Waals surface area contributed by atoms with Gasteiger partial charge in [0.15, 0.2) is 0 Å². The number of halogens is 1. The van der Waals surface area contributed by atoms with Crippen molar-refractivity contribution in [3.63, 3.8) is 0 Å². The molecule has 0 radical (unpaired) electrons. The molecule has 1 atom stereocenters. The third kappa shape index (κ3) is 2.63. The standard InChI is InChI=1S/C16H18ClNO3S/c1-21-11-13-7-4-10-18(13)22(19,20)15-9-3-6-12-5-2-8-14(17)16(12)15/h2-3,5-6,8-9,13H,4,7,10-11H2,1H3/t13-/m1/s1. The molecule has 0 bridgehead atoms. The quantitative estimate of drug-likeness (QED) is 0.858. The summed E-state index contributed by atoms with van der Waals surface area (Å²) in [5.41, 5.74) is 0.